The number of rotatable bonds is 5. The Hall–Kier alpha value is -2.50. The van der Waals surface area contributed by atoms with Gasteiger partial charge >= 0.3 is 0 Å². The van der Waals surface area contributed by atoms with Gasteiger partial charge in [-0.05, 0) is 30.9 Å². The second-order valence-electron chi connectivity index (χ2n) is 7.84. The minimum absolute atomic E-state index is 0.278. The van der Waals surface area contributed by atoms with Crippen LogP contribution in [0.2, 0.25) is 0 Å². The van der Waals surface area contributed by atoms with Crippen LogP contribution in [0.5, 0.6) is 0 Å². The predicted molar refractivity (Wildman–Crippen MR) is 104 cm³/mol. The number of para-hydroxylation sites is 1. The third-order valence-corrected chi connectivity index (χ3v) is 5.99. The van der Waals surface area contributed by atoms with Crippen LogP contribution in [-0.2, 0) is 6.42 Å². The van der Waals surface area contributed by atoms with E-state index in [9.17, 15) is 4.39 Å². The van der Waals surface area contributed by atoms with E-state index in [0.717, 1.165) is 42.2 Å². The van der Waals surface area contributed by atoms with Crippen molar-refractivity contribution in [2.24, 2.45) is 5.92 Å². The van der Waals surface area contributed by atoms with Crippen LogP contribution in [0.25, 0.3) is 11.2 Å². The molecular weight excluding hydrogens is 341 g/mol. The highest BCUT2D eigenvalue weighted by Crippen LogP contribution is 2.36. The molecule has 1 aromatic carbocycles. The van der Waals surface area contributed by atoms with Gasteiger partial charge in [0.05, 0.1) is 11.9 Å². The van der Waals surface area contributed by atoms with Crippen molar-refractivity contribution < 1.29 is 4.39 Å². The number of nitrogens with one attached hydrogen (secondary N) is 1. The largest absolute Gasteiger partial charge is 0.323 e. The van der Waals surface area contributed by atoms with E-state index in [1.165, 1.54) is 38.2 Å². The first kappa shape index (κ1) is 16.7. The summed E-state index contributed by atoms with van der Waals surface area (Å²) in [6.45, 7) is 0. The van der Waals surface area contributed by atoms with Gasteiger partial charge in [0.15, 0.2) is 5.65 Å². The van der Waals surface area contributed by atoms with Gasteiger partial charge in [-0.25, -0.2) is 19.3 Å². The van der Waals surface area contributed by atoms with Crippen molar-refractivity contribution >= 4 is 22.8 Å². The van der Waals surface area contributed by atoms with E-state index in [-0.39, 0.29) is 5.82 Å². The zero-order valence-corrected chi connectivity index (χ0v) is 15.4. The molecule has 0 aliphatic heterocycles. The fourth-order valence-electron chi connectivity index (χ4n) is 4.26. The highest BCUT2D eigenvalue weighted by atomic mass is 19.1. The Morgan fingerprint density at radius 2 is 1.85 bits per heavy atom. The molecule has 0 saturated heterocycles. The van der Waals surface area contributed by atoms with Crippen molar-refractivity contribution in [3.8, 4) is 0 Å². The SMILES string of the molecule is Fc1ccccc1Nc1nc2cnc(CC3CCC3)nc2n1C1CCCC1. The summed E-state index contributed by atoms with van der Waals surface area (Å²) in [6, 6.07) is 7.07. The van der Waals surface area contributed by atoms with E-state index in [0.29, 0.717) is 17.7 Å². The minimum atomic E-state index is -0.278. The maximum atomic E-state index is 14.2. The van der Waals surface area contributed by atoms with Gasteiger partial charge in [-0.3, -0.25) is 4.57 Å². The summed E-state index contributed by atoms with van der Waals surface area (Å²) in [6.07, 6.45) is 11.3. The molecule has 0 spiro atoms. The van der Waals surface area contributed by atoms with E-state index in [1.54, 1.807) is 12.1 Å². The zero-order chi connectivity index (χ0) is 18.2. The second kappa shape index (κ2) is 6.91. The summed E-state index contributed by atoms with van der Waals surface area (Å²) in [5, 5.41) is 3.20. The van der Waals surface area contributed by atoms with Gasteiger partial charge in [0.25, 0.3) is 0 Å². The molecule has 0 radical (unpaired) electrons. The fraction of sp³-hybridized carbons (Fsp3) is 0.476. The first-order chi connectivity index (χ1) is 13.3. The minimum Gasteiger partial charge on any atom is -0.323 e. The highest BCUT2D eigenvalue weighted by Gasteiger charge is 2.25. The van der Waals surface area contributed by atoms with Crippen LogP contribution in [0.1, 0.15) is 56.8 Å². The Bertz CT molecular complexity index is 956. The average molecular weight is 365 g/mol. The highest BCUT2D eigenvalue weighted by molar-refractivity contribution is 5.75. The molecule has 6 heteroatoms. The molecule has 0 unspecified atom stereocenters. The van der Waals surface area contributed by atoms with Crippen molar-refractivity contribution in [2.75, 3.05) is 5.32 Å². The standard InChI is InChI=1S/C21H24FN5/c22-16-10-3-4-11-17(16)24-21-25-18-13-23-19(12-14-6-5-7-14)26-20(18)27(21)15-8-1-2-9-15/h3-4,10-11,13-15H,1-2,5-9,12H2,(H,24,25). The Morgan fingerprint density at radius 1 is 1.04 bits per heavy atom. The lowest BCUT2D eigenvalue weighted by molar-refractivity contribution is 0.309. The van der Waals surface area contributed by atoms with Crippen LogP contribution < -0.4 is 5.32 Å². The lowest BCUT2D eigenvalue weighted by Crippen LogP contribution is -2.16. The Kier molecular flexibility index (Phi) is 4.26. The molecule has 3 aromatic rings. The van der Waals surface area contributed by atoms with E-state index >= 15 is 0 Å². The molecule has 27 heavy (non-hydrogen) atoms. The summed E-state index contributed by atoms with van der Waals surface area (Å²) >= 11 is 0. The first-order valence-corrected chi connectivity index (χ1v) is 10.0. The number of hydrogen-bond donors (Lipinski definition) is 1. The number of halogens is 1. The molecule has 2 aliphatic rings. The Labute approximate surface area is 158 Å². The third kappa shape index (κ3) is 3.17. The summed E-state index contributed by atoms with van der Waals surface area (Å²) in [5.41, 5.74) is 2.10. The monoisotopic (exact) mass is 365 g/mol. The van der Waals surface area contributed by atoms with Gasteiger partial charge in [-0.2, -0.15) is 0 Å². The zero-order valence-electron chi connectivity index (χ0n) is 15.4. The van der Waals surface area contributed by atoms with E-state index in [4.69, 9.17) is 9.97 Å². The second-order valence-corrected chi connectivity index (χ2v) is 7.84. The summed E-state index contributed by atoms with van der Waals surface area (Å²) in [7, 11) is 0. The van der Waals surface area contributed by atoms with Gasteiger partial charge in [0, 0.05) is 12.5 Å². The van der Waals surface area contributed by atoms with E-state index < -0.39 is 0 Å². The molecule has 2 heterocycles. The molecular formula is C21H24FN5. The molecule has 2 fully saturated rings. The van der Waals surface area contributed by atoms with Gasteiger partial charge in [0.2, 0.25) is 5.95 Å². The van der Waals surface area contributed by atoms with Crippen LogP contribution in [0.15, 0.2) is 30.5 Å². The van der Waals surface area contributed by atoms with Gasteiger partial charge in [0.1, 0.15) is 17.2 Å². The van der Waals surface area contributed by atoms with Gasteiger partial charge in [-0.15, -0.1) is 0 Å². The van der Waals surface area contributed by atoms with Crippen molar-refractivity contribution in [1.82, 2.24) is 19.5 Å². The molecule has 0 amide bonds. The smallest absolute Gasteiger partial charge is 0.210 e. The van der Waals surface area contributed by atoms with Crippen LogP contribution in [-0.4, -0.2) is 19.5 Å². The molecule has 5 rings (SSSR count). The number of aromatic nitrogens is 4. The molecule has 0 bridgehead atoms. The maximum Gasteiger partial charge on any atom is 0.210 e. The average Bonchev–Trinajstić information content (AvgIpc) is 3.27. The Morgan fingerprint density at radius 3 is 2.59 bits per heavy atom. The molecule has 2 aromatic heterocycles. The van der Waals surface area contributed by atoms with Crippen LogP contribution >= 0.6 is 0 Å². The van der Waals surface area contributed by atoms with Gasteiger partial charge < -0.3 is 5.32 Å². The number of benzene rings is 1. The lowest BCUT2D eigenvalue weighted by Gasteiger charge is -2.24. The molecule has 140 valence electrons. The molecule has 2 saturated carbocycles. The Balaban J connectivity index is 1.56. The maximum absolute atomic E-state index is 14.2. The van der Waals surface area contributed by atoms with Crippen molar-refractivity contribution in [3.63, 3.8) is 0 Å². The van der Waals surface area contributed by atoms with Crippen molar-refractivity contribution in [3.05, 3.63) is 42.1 Å². The van der Waals surface area contributed by atoms with Crippen LogP contribution in [0.4, 0.5) is 16.0 Å². The van der Waals surface area contributed by atoms with E-state index in [1.807, 2.05) is 12.3 Å². The first-order valence-electron chi connectivity index (χ1n) is 10.0. The number of anilines is 2. The van der Waals surface area contributed by atoms with Crippen molar-refractivity contribution in [1.29, 1.82) is 0 Å². The molecule has 2 aliphatic carbocycles. The molecule has 1 N–H and O–H groups in total. The summed E-state index contributed by atoms with van der Waals surface area (Å²) < 4.78 is 16.3. The molecule has 0 atom stereocenters. The molecule has 5 nitrogen and oxygen atoms in total. The third-order valence-electron chi connectivity index (χ3n) is 5.99. The quantitative estimate of drug-likeness (QED) is 0.678. The number of imidazole rings is 1. The van der Waals surface area contributed by atoms with Crippen LogP contribution in [0.3, 0.4) is 0 Å². The predicted octanol–water partition coefficient (Wildman–Crippen LogP) is 5.17. The number of hydrogen-bond acceptors (Lipinski definition) is 4. The van der Waals surface area contributed by atoms with E-state index in [2.05, 4.69) is 14.9 Å². The number of nitrogens with zero attached hydrogens (tertiary/aromatic N) is 4. The topological polar surface area (TPSA) is 55.6 Å². The summed E-state index contributed by atoms with van der Waals surface area (Å²) in [4.78, 5) is 14.1. The number of fused-ring (bicyclic) bond motifs is 1. The summed E-state index contributed by atoms with van der Waals surface area (Å²) in [5.74, 6) is 2.02. The normalized spacial score (nSPS) is 18.1. The van der Waals surface area contributed by atoms with Crippen molar-refractivity contribution in [2.45, 2.75) is 57.4 Å². The lowest BCUT2D eigenvalue weighted by atomic mass is 9.83. The van der Waals surface area contributed by atoms with Gasteiger partial charge in [-0.1, -0.05) is 44.2 Å². The fourth-order valence-corrected chi connectivity index (χ4v) is 4.26. The van der Waals surface area contributed by atoms with Crippen LogP contribution in [0, 0.1) is 11.7 Å².